The molecule has 0 aromatic carbocycles. The fourth-order valence-electron chi connectivity index (χ4n) is 3.60. The molecule has 100 valence electrons. The van der Waals surface area contributed by atoms with Crippen LogP contribution in [0.25, 0.3) is 0 Å². The molecule has 1 saturated heterocycles. The van der Waals surface area contributed by atoms with Gasteiger partial charge in [-0.3, -0.25) is 0 Å². The lowest BCUT2D eigenvalue weighted by Crippen LogP contribution is -2.42. The Kier molecular flexibility index (Phi) is 3.73. The van der Waals surface area contributed by atoms with Crippen LogP contribution in [0.15, 0.2) is 16.8 Å². The van der Waals surface area contributed by atoms with E-state index in [1.165, 1.54) is 32.1 Å². The summed E-state index contributed by atoms with van der Waals surface area (Å²) in [6, 6.07) is 2.05. The third kappa shape index (κ3) is 2.49. The van der Waals surface area contributed by atoms with Crippen molar-refractivity contribution in [1.82, 2.24) is 0 Å². The summed E-state index contributed by atoms with van der Waals surface area (Å²) in [5, 5.41) is 14.6. The first-order valence-electron chi connectivity index (χ1n) is 7.13. The fourth-order valence-corrected chi connectivity index (χ4v) is 4.28. The van der Waals surface area contributed by atoms with Gasteiger partial charge in [-0.25, -0.2) is 0 Å². The monoisotopic (exact) mass is 266 g/mol. The highest BCUT2D eigenvalue weighted by molar-refractivity contribution is 7.07. The second-order valence-electron chi connectivity index (χ2n) is 5.85. The zero-order valence-corrected chi connectivity index (χ0v) is 11.6. The molecular formula is C15H22O2S. The van der Waals surface area contributed by atoms with Crippen molar-refractivity contribution >= 4 is 11.3 Å². The Morgan fingerprint density at radius 1 is 1.33 bits per heavy atom. The van der Waals surface area contributed by atoms with Gasteiger partial charge in [0.05, 0.1) is 11.7 Å². The molecule has 1 aliphatic carbocycles. The Morgan fingerprint density at radius 3 is 2.89 bits per heavy atom. The first-order chi connectivity index (χ1) is 8.79. The number of hydrogen-bond acceptors (Lipinski definition) is 3. The van der Waals surface area contributed by atoms with Gasteiger partial charge in [-0.1, -0.05) is 19.3 Å². The molecule has 0 amide bonds. The second kappa shape index (κ2) is 5.32. The average molecular weight is 266 g/mol. The van der Waals surface area contributed by atoms with Crippen molar-refractivity contribution in [3.8, 4) is 0 Å². The summed E-state index contributed by atoms with van der Waals surface area (Å²) in [6.07, 6.45) is 8.08. The van der Waals surface area contributed by atoms with Crippen molar-refractivity contribution in [2.24, 2.45) is 5.92 Å². The summed E-state index contributed by atoms with van der Waals surface area (Å²) in [6.45, 7) is 0.825. The van der Waals surface area contributed by atoms with Gasteiger partial charge >= 0.3 is 0 Å². The molecule has 2 nitrogen and oxygen atoms in total. The van der Waals surface area contributed by atoms with Crippen molar-refractivity contribution < 1.29 is 9.84 Å². The molecule has 1 N–H and O–H groups in total. The standard InChI is InChI=1S/C15H22O2S/c16-14(13-5-9-18-11-13)12-4-8-17-15(10-12)6-2-1-3-7-15/h5,9,11-12,14,16H,1-4,6-8,10H2. The molecule has 2 heterocycles. The van der Waals surface area contributed by atoms with Crippen LogP contribution < -0.4 is 0 Å². The lowest BCUT2D eigenvalue weighted by atomic mass is 9.74. The van der Waals surface area contributed by atoms with Gasteiger partial charge in [-0.05, 0) is 54.0 Å². The van der Waals surface area contributed by atoms with Gasteiger partial charge in [0.2, 0.25) is 0 Å². The summed E-state index contributed by atoms with van der Waals surface area (Å²) in [4.78, 5) is 0. The Labute approximate surface area is 113 Å². The third-order valence-corrected chi connectivity index (χ3v) is 5.33. The quantitative estimate of drug-likeness (QED) is 0.879. The summed E-state index contributed by atoms with van der Waals surface area (Å²) in [5.74, 6) is 0.381. The molecule has 1 aromatic heterocycles. The van der Waals surface area contributed by atoms with Crippen LogP contribution in [0, 0.1) is 5.92 Å². The number of aliphatic hydroxyl groups excluding tert-OH is 1. The molecule has 2 fully saturated rings. The maximum atomic E-state index is 10.5. The van der Waals surface area contributed by atoms with Crippen LogP contribution in [0.1, 0.15) is 56.6 Å². The van der Waals surface area contributed by atoms with E-state index in [1.54, 1.807) is 11.3 Å². The SMILES string of the molecule is OC(c1ccsc1)C1CCOC2(CCCCC2)C1. The smallest absolute Gasteiger partial charge is 0.0828 e. The van der Waals surface area contributed by atoms with Crippen molar-refractivity contribution in [1.29, 1.82) is 0 Å². The summed E-state index contributed by atoms with van der Waals surface area (Å²) in [7, 11) is 0. The molecular weight excluding hydrogens is 244 g/mol. The number of aliphatic hydroxyl groups is 1. The second-order valence-corrected chi connectivity index (χ2v) is 6.63. The topological polar surface area (TPSA) is 29.5 Å². The molecule has 1 spiro atoms. The summed E-state index contributed by atoms with van der Waals surface area (Å²) >= 11 is 1.67. The molecule has 2 unspecified atom stereocenters. The van der Waals surface area contributed by atoms with Crippen LogP contribution in [0.3, 0.4) is 0 Å². The van der Waals surface area contributed by atoms with Crippen LogP contribution in [0.5, 0.6) is 0 Å². The Bertz CT molecular complexity index is 362. The third-order valence-electron chi connectivity index (χ3n) is 4.63. The Morgan fingerprint density at radius 2 is 2.17 bits per heavy atom. The zero-order valence-electron chi connectivity index (χ0n) is 10.8. The van der Waals surface area contributed by atoms with Crippen molar-refractivity contribution in [2.45, 2.75) is 56.7 Å². The maximum absolute atomic E-state index is 10.5. The molecule has 1 aromatic rings. The van der Waals surface area contributed by atoms with Crippen LogP contribution in [-0.2, 0) is 4.74 Å². The number of ether oxygens (including phenoxy) is 1. The molecule has 0 bridgehead atoms. The highest BCUT2D eigenvalue weighted by Crippen LogP contribution is 2.44. The van der Waals surface area contributed by atoms with Crippen LogP contribution in [-0.4, -0.2) is 17.3 Å². The van der Waals surface area contributed by atoms with E-state index in [0.29, 0.717) is 5.92 Å². The molecule has 2 atom stereocenters. The normalized spacial score (nSPS) is 29.3. The average Bonchev–Trinajstić information content (AvgIpc) is 2.93. The highest BCUT2D eigenvalue weighted by Gasteiger charge is 2.40. The molecule has 0 radical (unpaired) electrons. The lowest BCUT2D eigenvalue weighted by Gasteiger charge is -2.44. The van der Waals surface area contributed by atoms with Gasteiger partial charge in [0.1, 0.15) is 0 Å². The number of thiophene rings is 1. The molecule has 3 rings (SSSR count). The molecule has 18 heavy (non-hydrogen) atoms. The highest BCUT2D eigenvalue weighted by atomic mass is 32.1. The molecule has 1 saturated carbocycles. The van der Waals surface area contributed by atoms with E-state index in [4.69, 9.17) is 4.74 Å². The minimum Gasteiger partial charge on any atom is -0.388 e. The van der Waals surface area contributed by atoms with Gasteiger partial charge in [0, 0.05) is 6.61 Å². The van der Waals surface area contributed by atoms with Gasteiger partial charge in [0.15, 0.2) is 0 Å². The number of hydrogen-bond donors (Lipinski definition) is 1. The van der Waals surface area contributed by atoms with E-state index in [0.717, 1.165) is 25.0 Å². The van der Waals surface area contributed by atoms with Crippen LogP contribution in [0.2, 0.25) is 0 Å². The number of rotatable bonds is 2. The minimum atomic E-state index is -0.293. The van der Waals surface area contributed by atoms with E-state index in [-0.39, 0.29) is 11.7 Å². The lowest BCUT2D eigenvalue weighted by molar-refractivity contribution is -0.134. The van der Waals surface area contributed by atoms with E-state index in [9.17, 15) is 5.11 Å². The molecule has 1 aliphatic heterocycles. The van der Waals surface area contributed by atoms with Crippen molar-refractivity contribution in [2.75, 3.05) is 6.61 Å². The summed E-state index contributed by atoms with van der Waals surface area (Å²) in [5.41, 5.74) is 1.19. The summed E-state index contributed by atoms with van der Waals surface area (Å²) < 4.78 is 6.10. The predicted octanol–water partition coefficient (Wildman–Crippen LogP) is 3.91. The van der Waals surface area contributed by atoms with E-state index >= 15 is 0 Å². The van der Waals surface area contributed by atoms with Gasteiger partial charge < -0.3 is 9.84 Å². The van der Waals surface area contributed by atoms with Crippen LogP contribution >= 0.6 is 11.3 Å². The van der Waals surface area contributed by atoms with Gasteiger partial charge in [-0.2, -0.15) is 11.3 Å². The van der Waals surface area contributed by atoms with Crippen molar-refractivity contribution in [3.05, 3.63) is 22.4 Å². The van der Waals surface area contributed by atoms with Gasteiger partial charge in [0.25, 0.3) is 0 Å². The zero-order chi connectivity index (χ0) is 12.4. The first-order valence-corrected chi connectivity index (χ1v) is 8.08. The van der Waals surface area contributed by atoms with Gasteiger partial charge in [-0.15, -0.1) is 0 Å². The van der Waals surface area contributed by atoms with E-state index in [2.05, 4.69) is 11.4 Å². The van der Waals surface area contributed by atoms with E-state index in [1.807, 2.05) is 5.38 Å². The fraction of sp³-hybridized carbons (Fsp3) is 0.733. The Balaban J connectivity index is 1.70. The largest absolute Gasteiger partial charge is 0.388 e. The first kappa shape index (κ1) is 12.6. The van der Waals surface area contributed by atoms with Crippen molar-refractivity contribution in [3.63, 3.8) is 0 Å². The predicted molar refractivity (Wildman–Crippen MR) is 73.8 cm³/mol. The molecule has 3 heteroatoms. The molecule has 2 aliphatic rings. The van der Waals surface area contributed by atoms with E-state index < -0.39 is 0 Å². The maximum Gasteiger partial charge on any atom is 0.0828 e. The minimum absolute atomic E-state index is 0.0954. The van der Waals surface area contributed by atoms with Crippen LogP contribution in [0.4, 0.5) is 0 Å². The Hall–Kier alpha value is -0.380.